The largest absolute Gasteiger partial charge is 0.350 e. The number of likely N-dealkylation sites (tertiary alicyclic amines) is 1. The van der Waals surface area contributed by atoms with E-state index >= 15 is 0 Å². The number of hydrogen-bond acceptors (Lipinski definition) is 3. The van der Waals surface area contributed by atoms with Gasteiger partial charge in [0.1, 0.15) is 5.82 Å². The minimum absolute atomic E-state index is 0.0520. The van der Waals surface area contributed by atoms with Crippen LogP contribution in [-0.4, -0.2) is 45.4 Å². The molecule has 2 aliphatic rings. The van der Waals surface area contributed by atoms with Crippen molar-refractivity contribution in [1.82, 2.24) is 19.8 Å². The molecule has 0 bridgehead atoms. The van der Waals surface area contributed by atoms with Gasteiger partial charge in [-0.1, -0.05) is 0 Å². The number of hydrogen-bond donors (Lipinski definition) is 1. The Hall–Kier alpha value is -1.85. The van der Waals surface area contributed by atoms with E-state index in [1.165, 1.54) is 0 Å². The molecule has 1 saturated heterocycles. The number of carbonyl (C=O) groups excluding carboxylic acids is 2. The van der Waals surface area contributed by atoms with Crippen LogP contribution in [0.15, 0.2) is 12.4 Å². The van der Waals surface area contributed by atoms with Gasteiger partial charge in [0.25, 0.3) is 0 Å². The summed E-state index contributed by atoms with van der Waals surface area (Å²) in [6.45, 7) is 1.68. The Bertz CT molecular complexity index is 497. The van der Waals surface area contributed by atoms with Gasteiger partial charge in [-0.25, -0.2) is 4.98 Å². The Morgan fingerprint density at radius 2 is 2.37 bits per heavy atom. The number of carbonyl (C=O) groups is 2. The summed E-state index contributed by atoms with van der Waals surface area (Å²) >= 11 is 0. The second kappa shape index (κ2) is 5.03. The summed E-state index contributed by atoms with van der Waals surface area (Å²) in [5.41, 5.74) is 0. The molecule has 1 aromatic heterocycles. The summed E-state index contributed by atoms with van der Waals surface area (Å²) in [4.78, 5) is 29.3. The van der Waals surface area contributed by atoms with Crippen LogP contribution in [0.3, 0.4) is 0 Å². The first-order chi connectivity index (χ1) is 9.22. The van der Waals surface area contributed by atoms with E-state index in [9.17, 15) is 9.59 Å². The lowest BCUT2D eigenvalue weighted by molar-refractivity contribution is -0.133. The van der Waals surface area contributed by atoms with Crippen molar-refractivity contribution >= 4 is 11.8 Å². The van der Waals surface area contributed by atoms with Crippen molar-refractivity contribution in [2.75, 3.05) is 13.1 Å². The number of amides is 2. The second-order valence-electron chi connectivity index (χ2n) is 5.22. The monoisotopic (exact) mass is 262 g/mol. The van der Waals surface area contributed by atoms with Gasteiger partial charge < -0.3 is 14.8 Å². The van der Waals surface area contributed by atoms with Crippen molar-refractivity contribution in [1.29, 1.82) is 0 Å². The molecule has 1 fully saturated rings. The molecule has 102 valence electrons. The first-order valence-corrected chi connectivity index (χ1v) is 6.79. The van der Waals surface area contributed by atoms with Crippen molar-refractivity contribution in [2.45, 2.75) is 38.3 Å². The fourth-order valence-corrected chi connectivity index (χ4v) is 2.80. The average molecular weight is 262 g/mol. The Kier molecular flexibility index (Phi) is 3.23. The predicted octanol–water partition coefficient (Wildman–Crippen LogP) is -0.0635. The third kappa shape index (κ3) is 2.62. The van der Waals surface area contributed by atoms with Crippen molar-refractivity contribution < 1.29 is 9.59 Å². The van der Waals surface area contributed by atoms with Gasteiger partial charge in [-0.15, -0.1) is 0 Å². The lowest BCUT2D eigenvalue weighted by Gasteiger charge is -2.25. The Morgan fingerprint density at radius 3 is 3.16 bits per heavy atom. The highest BCUT2D eigenvalue weighted by Gasteiger charge is 2.25. The van der Waals surface area contributed by atoms with Crippen LogP contribution in [0, 0.1) is 0 Å². The molecule has 2 amide bonds. The van der Waals surface area contributed by atoms with E-state index in [1.807, 2.05) is 6.20 Å². The molecule has 0 aliphatic carbocycles. The van der Waals surface area contributed by atoms with Gasteiger partial charge in [-0.3, -0.25) is 9.59 Å². The van der Waals surface area contributed by atoms with Crippen LogP contribution in [0.25, 0.3) is 0 Å². The number of fused-ring (bicyclic) bond motifs is 1. The number of nitrogens with one attached hydrogen (secondary N) is 1. The van der Waals surface area contributed by atoms with Gasteiger partial charge >= 0.3 is 0 Å². The topological polar surface area (TPSA) is 67.2 Å². The third-order valence-corrected chi connectivity index (χ3v) is 3.81. The van der Waals surface area contributed by atoms with Gasteiger partial charge in [-0.2, -0.15) is 0 Å². The number of aryl methyl sites for hydroxylation is 1. The van der Waals surface area contributed by atoms with E-state index in [1.54, 1.807) is 11.1 Å². The zero-order chi connectivity index (χ0) is 13.2. The number of imidazole rings is 1. The van der Waals surface area contributed by atoms with Gasteiger partial charge in [0.05, 0.1) is 6.54 Å². The van der Waals surface area contributed by atoms with Crippen LogP contribution in [0.5, 0.6) is 0 Å². The van der Waals surface area contributed by atoms with Crippen LogP contribution in [0.4, 0.5) is 0 Å². The lowest BCUT2D eigenvalue weighted by atomic mass is 10.1. The molecular weight excluding hydrogens is 244 g/mol. The third-order valence-electron chi connectivity index (χ3n) is 3.81. The quantitative estimate of drug-likeness (QED) is 0.829. The molecule has 2 aliphatic heterocycles. The van der Waals surface area contributed by atoms with Crippen molar-refractivity contribution in [3.05, 3.63) is 18.2 Å². The highest BCUT2D eigenvalue weighted by Crippen LogP contribution is 2.13. The van der Waals surface area contributed by atoms with Crippen LogP contribution in [0.2, 0.25) is 0 Å². The molecule has 3 heterocycles. The molecular formula is C13H18N4O2. The van der Waals surface area contributed by atoms with Crippen molar-refractivity contribution in [3.8, 4) is 0 Å². The number of aromatic nitrogens is 2. The summed E-state index contributed by atoms with van der Waals surface area (Å²) < 4.78 is 2.08. The SMILES string of the molecule is O=C(CN1CCCC1=O)N[C@@H]1CCc2nccn2C1. The highest BCUT2D eigenvalue weighted by molar-refractivity contribution is 5.85. The summed E-state index contributed by atoms with van der Waals surface area (Å²) in [5, 5.41) is 3.02. The van der Waals surface area contributed by atoms with E-state index in [-0.39, 0.29) is 24.4 Å². The molecule has 0 spiro atoms. The van der Waals surface area contributed by atoms with E-state index in [4.69, 9.17) is 0 Å². The van der Waals surface area contributed by atoms with E-state index in [0.717, 1.165) is 31.6 Å². The van der Waals surface area contributed by atoms with Crippen molar-refractivity contribution in [3.63, 3.8) is 0 Å². The summed E-state index contributed by atoms with van der Waals surface area (Å²) in [6, 6.07) is 0.145. The standard InChI is InChI=1S/C13H18N4O2/c18-12(9-17-6-1-2-13(17)19)15-10-3-4-11-14-5-7-16(11)8-10/h5,7,10H,1-4,6,8-9H2,(H,15,18)/t10-/m1/s1. The van der Waals surface area contributed by atoms with Gasteiger partial charge in [0.2, 0.25) is 11.8 Å². The van der Waals surface area contributed by atoms with E-state index in [0.29, 0.717) is 13.0 Å². The van der Waals surface area contributed by atoms with Crippen LogP contribution in [-0.2, 0) is 22.6 Å². The van der Waals surface area contributed by atoms with Crippen LogP contribution < -0.4 is 5.32 Å². The molecule has 19 heavy (non-hydrogen) atoms. The zero-order valence-corrected chi connectivity index (χ0v) is 10.8. The first kappa shape index (κ1) is 12.2. The molecule has 1 atom stereocenters. The Labute approximate surface area is 111 Å². The Balaban J connectivity index is 1.52. The molecule has 0 unspecified atom stereocenters. The maximum atomic E-state index is 11.9. The molecule has 1 aromatic rings. The molecule has 3 rings (SSSR count). The molecule has 6 nitrogen and oxygen atoms in total. The van der Waals surface area contributed by atoms with Gasteiger partial charge in [-0.05, 0) is 12.8 Å². The minimum Gasteiger partial charge on any atom is -0.350 e. The first-order valence-electron chi connectivity index (χ1n) is 6.79. The Morgan fingerprint density at radius 1 is 1.47 bits per heavy atom. The molecule has 0 saturated carbocycles. The van der Waals surface area contributed by atoms with Crippen LogP contribution in [0.1, 0.15) is 25.1 Å². The smallest absolute Gasteiger partial charge is 0.239 e. The van der Waals surface area contributed by atoms with Gasteiger partial charge in [0.15, 0.2) is 0 Å². The van der Waals surface area contributed by atoms with Crippen molar-refractivity contribution in [2.24, 2.45) is 0 Å². The zero-order valence-electron chi connectivity index (χ0n) is 10.8. The fraction of sp³-hybridized carbons (Fsp3) is 0.615. The molecule has 6 heteroatoms. The lowest BCUT2D eigenvalue weighted by Crippen LogP contribution is -2.45. The minimum atomic E-state index is -0.0520. The maximum absolute atomic E-state index is 11.9. The molecule has 0 radical (unpaired) electrons. The maximum Gasteiger partial charge on any atom is 0.239 e. The van der Waals surface area contributed by atoms with E-state index in [2.05, 4.69) is 14.9 Å². The summed E-state index contributed by atoms with van der Waals surface area (Å²) in [7, 11) is 0. The fourth-order valence-electron chi connectivity index (χ4n) is 2.80. The second-order valence-corrected chi connectivity index (χ2v) is 5.22. The normalized spacial score (nSPS) is 22.4. The predicted molar refractivity (Wildman–Crippen MR) is 68.3 cm³/mol. The summed E-state index contributed by atoms with van der Waals surface area (Å²) in [5.74, 6) is 1.12. The number of rotatable bonds is 3. The van der Waals surface area contributed by atoms with Gasteiger partial charge in [0, 0.05) is 44.4 Å². The average Bonchev–Trinajstić information content (AvgIpc) is 2.98. The highest BCUT2D eigenvalue weighted by atomic mass is 16.2. The molecule has 1 N–H and O–H groups in total. The number of nitrogens with zero attached hydrogens (tertiary/aromatic N) is 3. The van der Waals surface area contributed by atoms with Crippen LogP contribution >= 0.6 is 0 Å². The molecule has 0 aromatic carbocycles. The van der Waals surface area contributed by atoms with E-state index < -0.39 is 0 Å². The summed E-state index contributed by atoms with van der Waals surface area (Å²) in [6.07, 6.45) is 6.99.